The molecule has 4 aromatic rings. The van der Waals surface area contributed by atoms with Crippen LogP contribution >= 0.6 is 56.5 Å². The van der Waals surface area contributed by atoms with Crippen LogP contribution in [-0.4, -0.2) is 4.98 Å². The molecule has 2 nitrogen and oxygen atoms in total. The lowest BCUT2D eigenvalue weighted by Crippen LogP contribution is -2.04. The van der Waals surface area contributed by atoms with Crippen LogP contribution in [0.1, 0.15) is 11.3 Å². The Labute approximate surface area is 164 Å². The SMILES string of the molecule is O=c1c2cc(CI)ccc2sc2c(CI)nc3ccccc3c12. The number of hydrogen-bond acceptors (Lipinski definition) is 3. The third-order valence-corrected chi connectivity index (χ3v) is 6.75. The fourth-order valence-corrected chi connectivity index (χ4v) is 5.29. The molecule has 23 heavy (non-hydrogen) atoms. The Morgan fingerprint density at radius 1 is 1.00 bits per heavy atom. The molecule has 0 saturated carbocycles. The van der Waals surface area contributed by atoms with Gasteiger partial charge >= 0.3 is 0 Å². The van der Waals surface area contributed by atoms with E-state index in [0.717, 1.165) is 45.6 Å². The molecule has 114 valence electrons. The summed E-state index contributed by atoms with van der Waals surface area (Å²) in [5.74, 6) is 0. The van der Waals surface area contributed by atoms with E-state index < -0.39 is 0 Å². The van der Waals surface area contributed by atoms with Crippen molar-refractivity contribution in [3.05, 3.63) is 63.9 Å². The number of hydrogen-bond donors (Lipinski definition) is 0. The Bertz CT molecular complexity index is 1120. The van der Waals surface area contributed by atoms with Gasteiger partial charge in [0.05, 0.1) is 21.3 Å². The molecule has 0 aliphatic heterocycles. The Kier molecular flexibility index (Phi) is 4.27. The molecular formula is C18H11I2NOS. The third kappa shape index (κ3) is 2.56. The Balaban J connectivity index is 2.29. The third-order valence-electron chi connectivity index (χ3n) is 3.93. The molecule has 2 heterocycles. The fourth-order valence-electron chi connectivity index (χ4n) is 2.84. The lowest BCUT2D eigenvalue weighted by molar-refractivity contribution is 1.29. The Morgan fingerprint density at radius 2 is 1.83 bits per heavy atom. The molecule has 0 aliphatic rings. The van der Waals surface area contributed by atoms with Crippen LogP contribution in [0.15, 0.2) is 47.3 Å². The zero-order valence-corrected chi connectivity index (χ0v) is 17.1. The lowest BCUT2D eigenvalue weighted by Gasteiger charge is -2.09. The highest BCUT2D eigenvalue weighted by atomic mass is 127. The molecule has 2 aromatic carbocycles. The average Bonchev–Trinajstić information content (AvgIpc) is 2.60. The van der Waals surface area contributed by atoms with Crippen LogP contribution in [-0.2, 0) is 8.86 Å². The van der Waals surface area contributed by atoms with Gasteiger partial charge in [-0.1, -0.05) is 69.4 Å². The second-order valence-corrected chi connectivity index (χ2v) is 7.89. The van der Waals surface area contributed by atoms with Crippen LogP contribution in [0.4, 0.5) is 0 Å². The minimum absolute atomic E-state index is 0.130. The van der Waals surface area contributed by atoms with Crippen molar-refractivity contribution in [2.45, 2.75) is 8.86 Å². The van der Waals surface area contributed by atoms with Crippen molar-refractivity contribution in [2.75, 3.05) is 0 Å². The molecule has 0 saturated heterocycles. The van der Waals surface area contributed by atoms with Gasteiger partial charge in [-0.15, -0.1) is 11.3 Å². The number of nitrogens with zero attached hydrogens (tertiary/aromatic N) is 1. The number of aromatic nitrogens is 1. The van der Waals surface area contributed by atoms with Gasteiger partial charge in [-0.3, -0.25) is 9.78 Å². The molecule has 2 aromatic heterocycles. The lowest BCUT2D eigenvalue weighted by atomic mass is 10.1. The van der Waals surface area contributed by atoms with Crippen molar-refractivity contribution in [3.63, 3.8) is 0 Å². The monoisotopic (exact) mass is 543 g/mol. The maximum Gasteiger partial charge on any atom is 0.196 e. The summed E-state index contributed by atoms with van der Waals surface area (Å²) < 4.78 is 3.77. The van der Waals surface area contributed by atoms with Crippen molar-refractivity contribution >= 4 is 87.6 Å². The van der Waals surface area contributed by atoms with E-state index in [4.69, 9.17) is 4.98 Å². The highest BCUT2D eigenvalue weighted by Crippen LogP contribution is 2.32. The maximum atomic E-state index is 13.2. The van der Waals surface area contributed by atoms with Crippen LogP contribution in [0, 0.1) is 0 Å². The standard InChI is InChI=1S/C18H11I2NOS/c19-8-10-5-6-15-12(7-10)17(22)16-11-3-1-2-4-13(11)21-14(9-20)18(16)23-15/h1-7H,8-9H2. The van der Waals surface area contributed by atoms with Crippen molar-refractivity contribution in [2.24, 2.45) is 0 Å². The molecular weight excluding hydrogens is 532 g/mol. The normalized spacial score (nSPS) is 11.6. The molecule has 0 bridgehead atoms. The van der Waals surface area contributed by atoms with Gasteiger partial charge in [-0.25, -0.2) is 0 Å². The molecule has 5 heteroatoms. The molecule has 0 fully saturated rings. The van der Waals surface area contributed by atoms with Crippen molar-refractivity contribution in [1.29, 1.82) is 0 Å². The average molecular weight is 543 g/mol. The Hall–Kier alpha value is -0.800. The van der Waals surface area contributed by atoms with Gasteiger partial charge in [-0.05, 0) is 23.8 Å². The quantitative estimate of drug-likeness (QED) is 0.138. The summed E-state index contributed by atoms with van der Waals surface area (Å²) in [4.78, 5) is 18.0. The molecule has 0 spiro atoms. The number of halogens is 2. The number of alkyl halides is 2. The van der Waals surface area contributed by atoms with Gasteiger partial charge in [0.1, 0.15) is 0 Å². The fraction of sp³-hybridized carbons (Fsp3) is 0.111. The molecule has 0 radical (unpaired) electrons. The predicted octanol–water partition coefficient (Wildman–Crippen LogP) is 5.83. The van der Waals surface area contributed by atoms with Crippen molar-refractivity contribution in [3.8, 4) is 0 Å². The van der Waals surface area contributed by atoms with E-state index in [-0.39, 0.29) is 5.43 Å². The number of fused-ring (bicyclic) bond motifs is 4. The van der Waals surface area contributed by atoms with Crippen molar-refractivity contribution in [1.82, 2.24) is 4.98 Å². The summed E-state index contributed by atoms with van der Waals surface area (Å²) in [6, 6.07) is 14.2. The first-order chi connectivity index (χ1) is 11.2. The zero-order valence-electron chi connectivity index (χ0n) is 12.0. The van der Waals surface area contributed by atoms with Gasteiger partial charge in [0.15, 0.2) is 5.43 Å². The van der Waals surface area contributed by atoms with E-state index in [2.05, 4.69) is 57.3 Å². The zero-order chi connectivity index (χ0) is 16.0. The minimum atomic E-state index is 0.130. The minimum Gasteiger partial charge on any atom is -0.288 e. The second kappa shape index (κ2) is 6.25. The first kappa shape index (κ1) is 15.7. The van der Waals surface area contributed by atoms with Crippen molar-refractivity contribution < 1.29 is 0 Å². The van der Waals surface area contributed by atoms with E-state index in [1.807, 2.05) is 30.3 Å². The van der Waals surface area contributed by atoms with Gasteiger partial charge < -0.3 is 0 Å². The van der Waals surface area contributed by atoms with E-state index in [9.17, 15) is 4.79 Å². The summed E-state index contributed by atoms with van der Waals surface area (Å²) in [6.45, 7) is 0. The van der Waals surface area contributed by atoms with Gasteiger partial charge in [-0.2, -0.15) is 0 Å². The van der Waals surface area contributed by atoms with Crippen LogP contribution in [0.25, 0.3) is 31.1 Å². The van der Waals surface area contributed by atoms with E-state index >= 15 is 0 Å². The molecule has 0 atom stereocenters. The highest BCUT2D eigenvalue weighted by molar-refractivity contribution is 14.1. The smallest absolute Gasteiger partial charge is 0.196 e. The van der Waals surface area contributed by atoms with E-state index in [1.54, 1.807) is 11.3 Å². The van der Waals surface area contributed by atoms with Crippen LogP contribution < -0.4 is 5.43 Å². The Morgan fingerprint density at radius 3 is 2.61 bits per heavy atom. The molecule has 0 unspecified atom stereocenters. The van der Waals surface area contributed by atoms with Gasteiger partial charge in [0.25, 0.3) is 0 Å². The summed E-state index contributed by atoms with van der Waals surface area (Å²) in [5.41, 5.74) is 3.22. The summed E-state index contributed by atoms with van der Waals surface area (Å²) >= 11 is 6.33. The summed E-state index contributed by atoms with van der Waals surface area (Å²) in [5, 5.41) is 2.61. The highest BCUT2D eigenvalue weighted by Gasteiger charge is 2.14. The maximum absolute atomic E-state index is 13.2. The van der Waals surface area contributed by atoms with E-state index in [0.29, 0.717) is 0 Å². The molecule has 0 N–H and O–H groups in total. The number of pyridine rings is 1. The predicted molar refractivity (Wildman–Crippen MR) is 116 cm³/mol. The summed E-state index contributed by atoms with van der Waals surface area (Å²) in [7, 11) is 0. The first-order valence-electron chi connectivity index (χ1n) is 7.12. The summed E-state index contributed by atoms with van der Waals surface area (Å²) in [6.07, 6.45) is 0. The van der Waals surface area contributed by atoms with E-state index in [1.165, 1.54) is 5.56 Å². The van der Waals surface area contributed by atoms with Crippen LogP contribution in [0.2, 0.25) is 0 Å². The van der Waals surface area contributed by atoms with Gasteiger partial charge in [0.2, 0.25) is 0 Å². The van der Waals surface area contributed by atoms with Crippen LogP contribution in [0.3, 0.4) is 0 Å². The number of rotatable bonds is 2. The largest absolute Gasteiger partial charge is 0.288 e. The number of benzene rings is 2. The molecule has 0 amide bonds. The topological polar surface area (TPSA) is 30.0 Å². The molecule has 4 rings (SSSR count). The molecule has 0 aliphatic carbocycles. The van der Waals surface area contributed by atoms with Gasteiger partial charge in [0, 0.05) is 24.3 Å². The number of para-hydroxylation sites is 1. The second-order valence-electron chi connectivity index (χ2n) is 5.31. The first-order valence-corrected chi connectivity index (χ1v) is 11.0. The van der Waals surface area contributed by atoms with Crippen LogP contribution in [0.5, 0.6) is 0 Å².